The molecule has 1 aliphatic carbocycles. The van der Waals surface area contributed by atoms with Crippen molar-refractivity contribution in [2.45, 2.75) is 45.1 Å². The van der Waals surface area contributed by atoms with Gasteiger partial charge in [-0.2, -0.15) is 0 Å². The molecule has 0 bridgehead atoms. The number of rotatable bonds is 10. The van der Waals surface area contributed by atoms with Crippen LogP contribution in [0.3, 0.4) is 0 Å². The van der Waals surface area contributed by atoms with E-state index in [-0.39, 0.29) is 11.8 Å². The van der Waals surface area contributed by atoms with Gasteiger partial charge in [0.05, 0.1) is 13.2 Å². The normalized spacial score (nSPS) is 19.8. The molecule has 3 rings (SSSR count). The van der Waals surface area contributed by atoms with Crippen LogP contribution in [-0.2, 0) is 20.8 Å². The van der Waals surface area contributed by atoms with Crippen molar-refractivity contribution in [2.75, 3.05) is 45.3 Å². The molecule has 1 saturated heterocycles. The number of ether oxygens (including phenoxy) is 2. The molecule has 166 valence electrons. The molecule has 0 aromatic heterocycles. The standard InChI is InChI=1S/C23H36N4O3/c1-24-23(25-11-5-12-29-16-19-10-13-30-17-19)26-15-18-6-4-9-21(14-18)27-22(28)20-7-2-3-8-20/h4,6,9,14,19-20H,2-3,5,7-8,10-13,15-17H2,1H3,(H,27,28)(H2,24,25,26). The average molecular weight is 417 g/mol. The van der Waals surface area contributed by atoms with Crippen LogP contribution in [0, 0.1) is 11.8 Å². The fraction of sp³-hybridized carbons (Fsp3) is 0.652. The van der Waals surface area contributed by atoms with E-state index in [4.69, 9.17) is 9.47 Å². The molecule has 2 fully saturated rings. The lowest BCUT2D eigenvalue weighted by Crippen LogP contribution is -2.37. The monoisotopic (exact) mass is 416 g/mol. The maximum atomic E-state index is 12.3. The van der Waals surface area contributed by atoms with Crippen molar-refractivity contribution in [3.63, 3.8) is 0 Å². The highest BCUT2D eigenvalue weighted by molar-refractivity contribution is 5.92. The van der Waals surface area contributed by atoms with E-state index in [0.717, 1.165) is 88.7 Å². The molecule has 0 spiro atoms. The van der Waals surface area contributed by atoms with E-state index in [9.17, 15) is 4.79 Å². The van der Waals surface area contributed by atoms with E-state index in [0.29, 0.717) is 12.5 Å². The molecule has 0 radical (unpaired) electrons. The van der Waals surface area contributed by atoms with Gasteiger partial charge < -0.3 is 25.4 Å². The predicted octanol–water partition coefficient (Wildman–Crippen LogP) is 2.92. The topological polar surface area (TPSA) is 84.0 Å². The number of carbonyl (C=O) groups excluding carboxylic acids is 1. The van der Waals surface area contributed by atoms with Gasteiger partial charge in [0.25, 0.3) is 0 Å². The summed E-state index contributed by atoms with van der Waals surface area (Å²) < 4.78 is 11.1. The number of nitrogens with one attached hydrogen (secondary N) is 3. The van der Waals surface area contributed by atoms with Crippen LogP contribution >= 0.6 is 0 Å². The van der Waals surface area contributed by atoms with E-state index in [1.54, 1.807) is 7.05 Å². The van der Waals surface area contributed by atoms with Crippen LogP contribution in [0.4, 0.5) is 5.69 Å². The van der Waals surface area contributed by atoms with Gasteiger partial charge in [-0.1, -0.05) is 25.0 Å². The number of guanidine groups is 1. The van der Waals surface area contributed by atoms with Crippen molar-refractivity contribution < 1.29 is 14.3 Å². The summed E-state index contributed by atoms with van der Waals surface area (Å²) in [6.45, 7) is 4.68. The highest BCUT2D eigenvalue weighted by atomic mass is 16.5. The van der Waals surface area contributed by atoms with Gasteiger partial charge in [0.2, 0.25) is 5.91 Å². The van der Waals surface area contributed by atoms with Crippen LogP contribution in [-0.4, -0.2) is 51.9 Å². The predicted molar refractivity (Wildman–Crippen MR) is 120 cm³/mol. The molecular formula is C23H36N4O3. The smallest absolute Gasteiger partial charge is 0.227 e. The third-order valence-electron chi connectivity index (χ3n) is 5.74. The van der Waals surface area contributed by atoms with Crippen LogP contribution in [0.1, 0.15) is 44.1 Å². The van der Waals surface area contributed by atoms with Crippen molar-refractivity contribution in [1.29, 1.82) is 0 Å². The Hall–Kier alpha value is -2.12. The van der Waals surface area contributed by atoms with Crippen LogP contribution < -0.4 is 16.0 Å². The first-order valence-electron chi connectivity index (χ1n) is 11.2. The Balaban J connectivity index is 1.32. The third kappa shape index (κ3) is 7.61. The van der Waals surface area contributed by atoms with Crippen LogP contribution in [0.5, 0.6) is 0 Å². The highest BCUT2D eigenvalue weighted by Crippen LogP contribution is 2.26. The molecule has 1 aliphatic heterocycles. The summed E-state index contributed by atoms with van der Waals surface area (Å²) >= 11 is 0. The SMILES string of the molecule is CN=C(NCCCOCC1CCOC1)NCc1cccc(NC(=O)C2CCCC2)c1. The van der Waals surface area contributed by atoms with Gasteiger partial charge in [-0.15, -0.1) is 0 Å². The maximum Gasteiger partial charge on any atom is 0.227 e. The quantitative estimate of drug-likeness (QED) is 0.310. The van der Waals surface area contributed by atoms with Gasteiger partial charge in [0, 0.05) is 50.9 Å². The first kappa shape index (κ1) is 22.6. The molecule has 3 N–H and O–H groups in total. The van der Waals surface area contributed by atoms with E-state index < -0.39 is 0 Å². The first-order chi connectivity index (χ1) is 14.7. The molecule has 7 heteroatoms. The largest absolute Gasteiger partial charge is 0.381 e. The zero-order valence-corrected chi connectivity index (χ0v) is 18.1. The maximum absolute atomic E-state index is 12.3. The lowest BCUT2D eigenvalue weighted by Gasteiger charge is -2.14. The zero-order valence-electron chi connectivity index (χ0n) is 18.1. The Labute approximate surface area is 180 Å². The minimum absolute atomic E-state index is 0.151. The summed E-state index contributed by atoms with van der Waals surface area (Å²) in [5.74, 6) is 1.65. The molecule has 1 heterocycles. The lowest BCUT2D eigenvalue weighted by molar-refractivity contribution is -0.119. The minimum Gasteiger partial charge on any atom is -0.381 e. The molecule has 1 amide bonds. The minimum atomic E-state index is 0.151. The number of nitrogens with zero attached hydrogens (tertiary/aromatic N) is 1. The zero-order chi connectivity index (χ0) is 21.0. The Morgan fingerprint density at radius 1 is 1.23 bits per heavy atom. The van der Waals surface area contributed by atoms with Gasteiger partial charge in [0.15, 0.2) is 5.96 Å². The Morgan fingerprint density at radius 2 is 2.10 bits per heavy atom. The third-order valence-corrected chi connectivity index (χ3v) is 5.74. The number of anilines is 1. The second-order valence-electron chi connectivity index (χ2n) is 8.18. The Kier molecular flexibility index (Phi) is 9.44. The van der Waals surface area contributed by atoms with Gasteiger partial charge in [-0.3, -0.25) is 9.79 Å². The van der Waals surface area contributed by atoms with Gasteiger partial charge in [0.1, 0.15) is 0 Å². The van der Waals surface area contributed by atoms with E-state index in [1.165, 1.54) is 0 Å². The second kappa shape index (κ2) is 12.5. The van der Waals surface area contributed by atoms with E-state index in [2.05, 4.69) is 20.9 Å². The molecule has 30 heavy (non-hydrogen) atoms. The van der Waals surface area contributed by atoms with Crippen molar-refractivity contribution >= 4 is 17.6 Å². The van der Waals surface area contributed by atoms with E-state index >= 15 is 0 Å². The number of benzene rings is 1. The van der Waals surface area contributed by atoms with Crippen LogP contribution in [0.15, 0.2) is 29.3 Å². The molecule has 7 nitrogen and oxygen atoms in total. The highest BCUT2D eigenvalue weighted by Gasteiger charge is 2.22. The molecule has 1 aromatic carbocycles. The van der Waals surface area contributed by atoms with Gasteiger partial charge in [-0.05, 0) is 43.4 Å². The lowest BCUT2D eigenvalue weighted by atomic mass is 10.1. The van der Waals surface area contributed by atoms with Crippen molar-refractivity contribution in [2.24, 2.45) is 16.8 Å². The number of aliphatic imine (C=N–C) groups is 1. The number of carbonyl (C=O) groups is 1. The van der Waals surface area contributed by atoms with Crippen molar-refractivity contribution in [1.82, 2.24) is 10.6 Å². The molecule has 1 unspecified atom stereocenters. The second-order valence-corrected chi connectivity index (χ2v) is 8.18. The summed E-state index contributed by atoms with van der Waals surface area (Å²) in [7, 11) is 1.77. The van der Waals surface area contributed by atoms with Gasteiger partial charge in [-0.25, -0.2) is 0 Å². The molecular weight excluding hydrogens is 380 g/mol. The number of hydrogen-bond donors (Lipinski definition) is 3. The summed E-state index contributed by atoms with van der Waals surface area (Å²) in [5, 5.41) is 9.71. The molecule has 1 atom stereocenters. The van der Waals surface area contributed by atoms with Gasteiger partial charge >= 0.3 is 0 Å². The van der Waals surface area contributed by atoms with Crippen molar-refractivity contribution in [3.8, 4) is 0 Å². The molecule has 1 saturated carbocycles. The van der Waals surface area contributed by atoms with Crippen LogP contribution in [0.25, 0.3) is 0 Å². The summed E-state index contributed by atoms with van der Waals surface area (Å²) in [5.41, 5.74) is 1.96. The summed E-state index contributed by atoms with van der Waals surface area (Å²) in [6.07, 6.45) is 6.38. The number of amides is 1. The summed E-state index contributed by atoms with van der Waals surface area (Å²) in [6, 6.07) is 7.99. The molecule has 1 aromatic rings. The fourth-order valence-electron chi connectivity index (χ4n) is 3.94. The van der Waals surface area contributed by atoms with Crippen LogP contribution in [0.2, 0.25) is 0 Å². The van der Waals surface area contributed by atoms with E-state index in [1.807, 2.05) is 24.3 Å². The summed E-state index contributed by atoms with van der Waals surface area (Å²) in [4.78, 5) is 16.6. The molecule has 2 aliphatic rings. The van der Waals surface area contributed by atoms with Crippen molar-refractivity contribution in [3.05, 3.63) is 29.8 Å². The Bertz CT molecular complexity index is 683. The average Bonchev–Trinajstić information content (AvgIpc) is 3.47. The fourth-order valence-corrected chi connectivity index (χ4v) is 3.94. The number of hydrogen-bond acceptors (Lipinski definition) is 4. The Morgan fingerprint density at radius 3 is 2.87 bits per heavy atom. The first-order valence-corrected chi connectivity index (χ1v) is 11.2.